The van der Waals surface area contributed by atoms with Crippen molar-refractivity contribution in [3.8, 4) is 0 Å². The van der Waals surface area contributed by atoms with Gasteiger partial charge in [0.1, 0.15) is 0 Å². The molecule has 0 unspecified atom stereocenters. The summed E-state index contributed by atoms with van der Waals surface area (Å²) in [6.07, 6.45) is 3.67. The highest BCUT2D eigenvalue weighted by Crippen LogP contribution is 2.30. The summed E-state index contributed by atoms with van der Waals surface area (Å²) >= 11 is 0. The van der Waals surface area contributed by atoms with E-state index in [-0.39, 0.29) is 5.78 Å². The average molecular weight is 409 g/mol. The van der Waals surface area contributed by atoms with E-state index in [0.29, 0.717) is 5.56 Å². The van der Waals surface area contributed by atoms with Crippen molar-refractivity contribution < 1.29 is 4.79 Å². The Labute approximate surface area is 186 Å². The van der Waals surface area contributed by atoms with Crippen LogP contribution in [0, 0.1) is 0 Å². The van der Waals surface area contributed by atoms with Crippen molar-refractivity contribution in [1.29, 1.82) is 0 Å². The Kier molecular flexibility index (Phi) is 4.33. The quantitative estimate of drug-likeness (QED) is 0.125. The lowest BCUT2D eigenvalue weighted by Crippen LogP contribution is -1.94. The third-order valence-corrected chi connectivity index (χ3v) is 6.24. The minimum Gasteiger partial charge on any atom is -0.289 e. The van der Waals surface area contributed by atoms with E-state index < -0.39 is 0 Å². The molecule has 0 amide bonds. The first kappa shape index (κ1) is 18.5. The second-order valence-electron chi connectivity index (χ2n) is 8.15. The molecule has 0 aliphatic heterocycles. The Morgan fingerprint density at radius 2 is 1.03 bits per heavy atom. The van der Waals surface area contributed by atoms with E-state index in [9.17, 15) is 4.79 Å². The molecule has 0 aliphatic rings. The van der Waals surface area contributed by atoms with Gasteiger partial charge in [-0.1, -0.05) is 97.1 Å². The minimum absolute atomic E-state index is 0.0112. The summed E-state index contributed by atoms with van der Waals surface area (Å²) in [5.74, 6) is 0.0112. The summed E-state index contributed by atoms with van der Waals surface area (Å²) in [5, 5.41) is 9.33. The second kappa shape index (κ2) is 7.47. The Bertz CT molecular complexity index is 1630. The van der Waals surface area contributed by atoms with Crippen molar-refractivity contribution >= 4 is 54.9 Å². The van der Waals surface area contributed by atoms with Crippen LogP contribution in [0.4, 0.5) is 0 Å². The van der Waals surface area contributed by atoms with Gasteiger partial charge in [0.05, 0.1) is 0 Å². The lowest BCUT2D eigenvalue weighted by Gasteiger charge is -2.08. The fourth-order valence-electron chi connectivity index (χ4n) is 4.65. The van der Waals surface area contributed by atoms with Gasteiger partial charge < -0.3 is 0 Å². The zero-order valence-corrected chi connectivity index (χ0v) is 17.5. The molecule has 0 radical (unpaired) electrons. The number of carbonyl (C=O) groups is 1. The zero-order valence-electron chi connectivity index (χ0n) is 17.5. The Morgan fingerprint density at radius 1 is 0.500 bits per heavy atom. The van der Waals surface area contributed by atoms with Crippen molar-refractivity contribution in [3.05, 3.63) is 126 Å². The normalized spacial score (nSPS) is 11.8. The average Bonchev–Trinajstić information content (AvgIpc) is 2.86. The maximum Gasteiger partial charge on any atom is 0.185 e. The second-order valence-corrected chi connectivity index (χ2v) is 8.15. The minimum atomic E-state index is 0.0112. The molecular formula is C31H20O. The van der Waals surface area contributed by atoms with Gasteiger partial charge in [-0.2, -0.15) is 0 Å². The Hall–Kier alpha value is -4.23. The number of allylic oxidation sites excluding steroid dienone is 1. The first-order valence-electron chi connectivity index (χ1n) is 10.8. The predicted molar refractivity (Wildman–Crippen MR) is 136 cm³/mol. The van der Waals surface area contributed by atoms with Crippen LogP contribution in [0.15, 0.2) is 115 Å². The zero-order chi connectivity index (χ0) is 21.5. The number of ketones is 1. The van der Waals surface area contributed by atoms with Gasteiger partial charge in [-0.15, -0.1) is 0 Å². The molecule has 0 spiro atoms. The molecule has 0 bridgehead atoms. The van der Waals surface area contributed by atoms with E-state index in [2.05, 4.69) is 78.9 Å². The fourth-order valence-corrected chi connectivity index (χ4v) is 4.65. The number of hydrogen-bond donors (Lipinski definition) is 0. The number of benzene rings is 6. The summed E-state index contributed by atoms with van der Waals surface area (Å²) in [6, 6.07) is 37.4. The predicted octanol–water partition coefficient (Wildman–Crippen LogP) is 8.20. The van der Waals surface area contributed by atoms with Crippen molar-refractivity contribution in [2.75, 3.05) is 0 Å². The number of fused-ring (bicyclic) bond motifs is 5. The molecule has 6 aromatic rings. The number of hydrogen-bond acceptors (Lipinski definition) is 1. The highest BCUT2D eigenvalue weighted by Gasteiger charge is 2.08. The van der Waals surface area contributed by atoms with Crippen molar-refractivity contribution in [2.24, 2.45) is 0 Å². The molecule has 6 rings (SSSR count). The molecule has 6 aromatic carbocycles. The van der Waals surface area contributed by atoms with E-state index in [1.54, 1.807) is 6.08 Å². The van der Waals surface area contributed by atoms with Gasteiger partial charge >= 0.3 is 0 Å². The highest BCUT2D eigenvalue weighted by atomic mass is 16.1. The first-order chi connectivity index (χ1) is 15.8. The van der Waals surface area contributed by atoms with E-state index >= 15 is 0 Å². The van der Waals surface area contributed by atoms with Gasteiger partial charge in [0.15, 0.2) is 5.78 Å². The topological polar surface area (TPSA) is 17.1 Å². The molecule has 0 aliphatic carbocycles. The van der Waals surface area contributed by atoms with Crippen LogP contribution >= 0.6 is 0 Å². The van der Waals surface area contributed by atoms with E-state index in [1.165, 1.54) is 26.9 Å². The number of carbonyl (C=O) groups excluding carboxylic acids is 1. The molecule has 0 saturated carbocycles. The van der Waals surface area contributed by atoms with Gasteiger partial charge in [0.2, 0.25) is 0 Å². The molecule has 0 saturated heterocycles. The molecule has 0 N–H and O–H groups in total. The highest BCUT2D eigenvalue weighted by molar-refractivity contribution is 6.14. The molecule has 0 heterocycles. The van der Waals surface area contributed by atoms with Gasteiger partial charge in [-0.25, -0.2) is 0 Å². The molecule has 1 heteroatoms. The summed E-state index contributed by atoms with van der Waals surface area (Å²) in [7, 11) is 0. The lowest BCUT2D eigenvalue weighted by atomic mass is 9.95. The van der Waals surface area contributed by atoms with E-state index in [0.717, 1.165) is 21.7 Å². The molecular weight excluding hydrogens is 388 g/mol. The molecule has 0 fully saturated rings. The van der Waals surface area contributed by atoms with Crippen LogP contribution in [0.5, 0.6) is 0 Å². The maximum absolute atomic E-state index is 13.1. The fraction of sp³-hybridized carbons (Fsp3) is 0. The smallest absolute Gasteiger partial charge is 0.185 e. The third-order valence-electron chi connectivity index (χ3n) is 6.24. The monoisotopic (exact) mass is 408 g/mol. The largest absolute Gasteiger partial charge is 0.289 e. The Morgan fingerprint density at radius 3 is 1.75 bits per heavy atom. The van der Waals surface area contributed by atoms with E-state index in [4.69, 9.17) is 0 Å². The van der Waals surface area contributed by atoms with Crippen LogP contribution in [0.3, 0.4) is 0 Å². The summed E-state index contributed by atoms with van der Waals surface area (Å²) < 4.78 is 0. The van der Waals surface area contributed by atoms with Crippen LogP contribution in [0.25, 0.3) is 49.2 Å². The SMILES string of the molecule is O=C(/C=C/c1c2ccccc2cc2ccccc12)c1ccc2c(ccc3ccccc32)c1. The van der Waals surface area contributed by atoms with Crippen molar-refractivity contribution in [1.82, 2.24) is 0 Å². The molecule has 32 heavy (non-hydrogen) atoms. The summed E-state index contributed by atoms with van der Waals surface area (Å²) in [6.45, 7) is 0. The molecule has 150 valence electrons. The molecule has 0 atom stereocenters. The molecule has 0 aromatic heterocycles. The standard InChI is InChI=1S/C31H20O/c32-31(25-15-16-29-24(20-25)14-13-21-7-1-4-10-26(21)29)18-17-30-27-11-5-2-8-22(27)19-23-9-3-6-12-28(23)30/h1-20H/b18-17+. The number of rotatable bonds is 3. The van der Waals surface area contributed by atoms with Gasteiger partial charge in [-0.3, -0.25) is 4.79 Å². The Balaban J connectivity index is 1.44. The van der Waals surface area contributed by atoms with Crippen LogP contribution in [-0.2, 0) is 0 Å². The maximum atomic E-state index is 13.1. The van der Waals surface area contributed by atoms with Crippen molar-refractivity contribution in [3.63, 3.8) is 0 Å². The van der Waals surface area contributed by atoms with E-state index in [1.807, 2.05) is 36.4 Å². The van der Waals surface area contributed by atoms with Gasteiger partial charge in [-0.05, 0) is 72.9 Å². The van der Waals surface area contributed by atoms with Crippen molar-refractivity contribution in [2.45, 2.75) is 0 Å². The van der Waals surface area contributed by atoms with Gasteiger partial charge in [0, 0.05) is 5.56 Å². The van der Waals surface area contributed by atoms with Crippen LogP contribution < -0.4 is 0 Å². The van der Waals surface area contributed by atoms with Gasteiger partial charge in [0.25, 0.3) is 0 Å². The summed E-state index contributed by atoms with van der Waals surface area (Å²) in [5.41, 5.74) is 1.78. The summed E-state index contributed by atoms with van der Waals surface area (Å²) in [4.78, 5) is 13.1. The van der Waals surface area contributed by atoms with Crippen LogP contribution in [0.1, 0.15) is 15.9 Å². The third kappa shape index (κ3) is 3.07. The lowest BCUT2D eigenvalue weighted by molar-refractivity contribution is 0.104. The molecule has 1 nitrogen and oxygen atoms in total. The van der Waals surface area contributed by atoms with Crippen LogP contribution in [0.2, 0.25) is 0 Å². The van der Waals surface area contributed by atoms with Crippen LogP contribution in [-0.4, -0.2) is 5.78 Å². The first-order valence-corrected chi connectivity index (χ1v) is 10.8.